The molecule has 1 atom stereocenters. The number of nitrogen functional groups attached to an aromatic ring is 1. The van der Waals surface area contributed by atoms with Crippen LogP contribution in [0.3, 0.4) is 0 Å². The van der Waals surface area contributed by atoms with E-state index in [0.717, 1.165) is 25.0 Å². The van der Waals surface area contributed by atoms with Gasteiger partial charge in [0.25, 0.3) is 5.69 Å². The van der Waals surface area contributed by atoms with Gasteiger partial charge in [0.15, 0.2) is 4.90 Å². The van der Waals surface area contributed by atoms with E-state index < -0.39 is 20.6 Å². The molecular formula is C12H17N3O4S. The van der Waals surface area contributed by atoms with Crippen molar-refractivity contribution < 1.29 is 13.3 Å². The second-order valence-electron chi connectivity index (χ2n) is 5.15. The Morgan fingerprint density at radius 3 is 2.70 bits per heavy atom. The summed E-state index contributed by atoms with van der Waals surface area (Å²) in [5.41, 5.74) is 5.11. The molecule has 0 spiro atoms. The van der Waals surface area contributed by atoms with E-state index in [1.54, 1.807) is 0 Å². The molecule has 1 aliphatic rings. The summed E-state index contributed by atoms with van der Waals surface area (Å²) in [6.07, 6.45) is 2.23. The lowest BCUT2D eigenvalue weighted by atomic mass is 10.1. The van der Waals surface area contributed by atoms with Crippen LogP contribution in [0.2, 0.25) is 0 Å². The van der Waals surface area contributed by atoms with Gasteiger partial charge in [0.05, 0.1) is 4.92 Å². The van der Waals surface area contributed by atoms with Gasteiger partial charge in [-0.15, -0.1) is 0 Å². The molecule has 110 valence electrons. The third-order valence-corrected chi connectivity index (χ3v) is 4.96. The second kappa shape index (κ2) is 5.37. The summed E-state index contributed by atoms with van der Waals surface area (Å²) in [5.74, 6) is 0.789. The van der Waals surface area contributed by atoms with Crippen molar-refractivity contribution in [2.45, 2.75) is 24.7 Å². The first-order valence-corrected chi connectivity index (χ1v) is 7.83. The number of nitro groups is 1. The molecule has 0 bridgehead atoms. The molecule has 0 radical (unpaired) electrons. The normalized spacial score (nSPS) is 16.9. The highest BCUT2D eigenvalue weighted by Gasteiger charge is 2.30. The van der Waals surface area contributed by atoms with Crippen molar-refractivity contribution in [3.05, 3.63) is 28.3 Å². The van der Waals surface area contributed by atoms with Crippen molar-refractivity contribution >= 4 is 21.4 Å². The first-order chi connectivity index (χ1) is 9.31. The number of nitro benzene ring substituents is 1. The number of nitrogens with two attached hydrogens (primary N) is 1. The molecule has 1 aromatic carbocycles. The van der Waals surface area contributed by atoms with E-state index in [2.05, 4.69) is 4.72 Å². The molecule has 0 heterocycles. The lowest BCUT2D eigenvalue weighted by molar-refractivity contribution is -0.387. The molecule has 8 heteroatoms. The van der Waals surface area contributed by atoms with Gasteiger partial charge in [0.2, 0.25) is 10.0 Å². The van der Waals surface area contributed by atoms with E-state index >= 15 is 0 Å². The number of rotatable bonds is 6. The second-order valence-corrected chi connectivity index (χ2v) is 6.89. The van der Waals surface area contributed by atoms with Crippen LogP contribution in [0.25, 0.3) is 0 Å². The van der Waals surface area contributed by atoms with E-state index in [1.807, 2.05) is 6.92 Å². The fourth-order valence-corrected chi connectivity index (χ4v) is 3.35. The Hall–Kier alpha value is -1.67. The quantitative estimate of drug-likeness (QED) is 0.469. The number of nitrogens with zero attached hydrogens (tertiary/aromatic N) is 1. The van der Waals surface area contributed by atoms with Gasteiger partial charge in [-0.25, -0.2) is 13.1 Å². The third kappa shape index (κ3) is 3.26. The molecule has 1 saturated carbocycles. The van der Waals surface area contributed by atoms with Crippen molar-refractivity contribution in [2.24, 2.45) is 11.8 Å². The molecule has 1 aromatic rings. The van der Waals surface area contributed by atoms with Crippen LogP contribution >= 0.6 is 0 Å². The predicted molar refractivity (Wildman–Crippen MR) is 74.6 cm³/mol. The summed E-state index contributed by atoms with van der Waals surface area (Å²) in [7, 11) is -3.90. The molecule has 1 fully saturated rings. The van der Waals surface area contributed by atoms with Crippen LogP contribution in [0.15, 0.2) is 23.1 Å². The molecule has 2 rings (SSSR count). The highest BCUT2D eigenvalue weighted by atomic mass is 32.2. The number of benzene rings is 1. The molecule has 0 amide bonds. The average Bonchev–Trinajstić information content (AvgIpc) is 3.19. The molecule has 1 aliphatic carbocycles. The molecule has 1 unspecified atom stereocenters. The van der Waals surface area contributed by atoms with Crippen molar-refractivity contribution in [3.63, 3.8) is 0 Å². The van der Waals surface area contributed by atoms with Crippen LogP contribution in [-0.2, 0) is 10.0 Å². The third-order valence-electron chi connectivity index (χ3n) is 3.49. The van der Waals surface area contributed by atoms with Crippen LogP contribution in [-0.4, -0.2) is 19.9 Å². The number of hydrogen-bond donors (Lipinski definition) is 2. The molecular weight excluding hydrogens is 282 g/mol. The van der Waals surface area contributed by atoms with E-state index in [1.165, 1.54) is 6.07 Å². The van der Waals surface area contributed by atoms with Gasteiger partial charge in [-0.1, -0.05) is 6.92 Å². The summed E-state index contributed by atoms with van der Waals surface area (Å²) < 4.78 is 26.8. The zero-order chi connectivity index (χ0) is 14.9. The SMILES string of the molecule is CC(CNS(=O)(=O)c1ccc(N)cc1[N+](=O)[O-])C1CC1. The summed E-state index contributed by atoms with van der Waals surface area (Å²) in [4.78, 5) is 9.85. The van der Waals surface area contributed by atoms with Gasteiger partial charge in [-0.2, -0.15) is 0 Å². The van der Waals surface area contributed by atoms with Gasteiger partial charge in [0, 0.05) is 18.3 Å². The standard InChI is InChI=1S/C12H17N3O4S/c1-8(9-2-3-9)7-14-20(18,19)12-5-4-10(13)6-11(12)15(16)17/h4-6,8-9,14H,2-3,7,13H2,1H3. The van der Waals surface area contributed by atoms with Crippen LogP contribution in [0.4, 0.5) is 11.4 Å². The summed E-state index contributed by atoms with van der Waals surface area (Å²) in [6.45, 7) is 2.26. The van der Waals surface area contributed by atoms with Crippen molar-refractivity contribution in [3.8, 4) is 0 Å². The Bertz CT molecular complexity index is 626. The highest BCUT2D eigenvalue weighted by Crippen LogP contribution is 2.36. The fourth-order valence-electron chi connectivity index (χ4n) is 2.06. The minimum Gasteiger partial charge on any atom is -0.399 e. The van der Waals surface area contributed by atoms with Gasteiger partial charge >= 0.3 is 0 Å². The maximum atomic E-state index is 12.2. The van der Waals surface area contributed by atoms with Gasteiger partial charge in [-0.05, 0) is 36.8 Å². The fraction of sp³-hybridized carbons (Fsp3) is 0.500. The lowest BCUT2D eigenvalue weighted by Crippen LogP contribution is -2.29. The molecule has 0 aliphatic heterocycles. The zero-order valence-corrected chi connectivity index (χ0v) is 11.9. The van der Waals surface area contributed by atoms with Crippen LogP contribution < -0.4 is 10.5 Å². The van der Waals surface area contributed by atoms with E-state index in [0.29, 0.717) is 5.92 Å². The molecule has 20 heavy (non-hydrogen) atoms. The Balaban J connectivity index is 2.22. The van der Waals surface area contributed by atoms with Gasteiger partial charge in [-0.3, -0.25) is 10.1 Å². The first kappa shape index (κ1) is 14.7. The Kier molecular flexibility index (Phi) is 3.96. The number of anilines is 1. The van der Waals surface area contributed by atoms with Crippen molar-refractivity contribution in [1.82, 2.24) is 4.72 Å². The minimum absolute atomic E-state index is 0.155. The summed E-state index contributed by atoms with van der Waals surface area (Å²) >= 11 is 0. The van der Waals surface area contributed by atoms with Crippen molar-refractivity contribution in [2.75, 3.05) is 12.3 Å². The Morgan fingerprint density at radius 2 is 2.15 bits per heavy atom. The Labute approximate surface area is 117 Å². The Morgan fingerprint density at radius 1 is 1.50 bits per heavy atom. The van der Waals surface area contributed by atoms with E-state index in [-0.39, 0.29) is 23.0 Å². The number of nitrogens with one attached hydrogen (secondary N) is 1. The summed E-state index contributed by atoms with van der Waals surface area (Å²) in [5, 5.41) is 10.9. The maximum absolute atomic E-state index is 12.2. The van der Waals surface area contributed by atoms with Gasteiger partial charge in [0.1, 0.15) is 0 Å². The number of hydrogen-bond acceptors (Lipinski definition) is 5. The smallest absolute Gasteiger partial charge is 0.291 e. The molecule has 3 N–H and O–H groups in total. The van der Waals surface area contributed by atoms with Crippen molar-refractivity contribution in [1.29, 1.82) is 0 Å². The molecule has 0 saturated heterocycles. The zero-order valence-electron chi connectivity index (χ0n) is 11.1. The van der Waals surface area contributed by atoms with E-state index in [9.17, 15) is 18.5 Å². The largest absolute Gasteiger partial charge is 0.399 e. The summed E-state index contributed by atoms with van der Waals surface area (Å²) in [6, 6.07) is 3.56. The predicted octanol–water partition coefficient (Wildman–Crippen LogP) is 1.50. The lowest BCUT2D eigenvalue weighted by Gasteiger charge is -2.12. The highest BCUT2D eigenvalue weighted by molar-refractivity contribution is 7.89. The molecule has 7 nitrogen and oxygen atoms in total. The van der Waals surface area contributed by atoms with Crippen LogP contribution in [0.5, 0.6) is 0 Å². The monoisotopic (exact) mass is 299 g/mol. The van der Waals surface area contributed by atoms with Crippen LogP contribution in [0.1, 0.15) is 19.8 Å². The topological polar surface area (TPSA) is 115 Å². The maximum Gasteiger partial charge on any atom is 0.291 e. The average molecular weight is 299 g/mol. The van der Waals surface area contributed by atoms with Gasteiger partial charge < -0.3 is 5.73 Å². The molecule has 0 aromatic heterocycles. The minimum atomic E-state index is -3.90. The van der Waals surface area contributed by atoms with E-state index in [4.69, 9.17) is 5.73 Å². The van der Waals surface area contributed by atoms with Crippen LogP contribution in [0, 0.1) is 22.0 Å². The number of sulfonamides is 1. The first-order valence-electron chi connectivity index (χ1n) is 6.35.